The van der Waals surface area contributed by atoms with Crippen LogP contribution in [0.3, 0.4) is 0 Å². The molecule has 1 saturated heterocycles. The predicted octanol–water partition coefficient (Wildman–Crippen LogP) is 1.84. The number of hydrogen-bond donors (Lipinski definition) is 3. The van der Waals surface area contributed by atoms with Gasteiger partial charge < -0.3 is 20.1 Å². The van der Waals surface area contributed by atoms with E-state index in [1.165, 1.54) is 17.3 Å². The molecule has 2 unspecified atom stereocenters. The molecule has 2 amide bonds. The fraction of sp³-hybridized carbons (Fsp3) is 0.227. The minimum atomic E-state index is -1.72. The molecule has 2 atom stereocenters. The Morgan fingerprint density at radius 3 is 2.97 bits per heavy atom. The van der Waals surface area contributed by atoms with E-state index in [1.807, 2.05) is 6.92 Å². The number of benzene rings is 1. The van der Waals surface area contributed by atoms with E-state index >= 15 is 0 Å². The van der Waals surface area contributed by atoms with Gasteiger partial charge in [-0.25, -0.2) is 4.68 Å². The van der Waals surface area contributed by atoms with Gasteiger partial charge >= 0.3 is 0 Å². The number of aryl methyl sites for hydroxylation is 1. The summed E-state index contributed by atoms with van der Waals surface area (Å²) in [7, 11) is 0. The van der Waals surface area contributed by atoms with Crippen LogP contribution in [0.2, 0.25) is 5.02 Å². The zero-order chi connectivity index (χ0) is 23.8. The van der Waals surface area contributed by atoms with Gasteiger partial charge in [-0.05, 0) is 31.2 Å². The maximum absolute atomic E-state index is 13.1. The Labute approximate surface area is 198 Å². The summed E-state index contributed by atoms with van der Waals surface area (Å²) >= 11 is 6.29. The van der Waals surface area contributed by atoms with Gasteiger partial charge in [0.05, 0.1) is 36.3 Å². The highest BCUT2D eigenvalue weighted by atomic mass is 35.5. The number of aliphatic hydroxyl groups excluding tert-OH is 1. The quantitative estimate of drug-likeness (QED) is 0.395. The van der Waals surface area contributed by atoms with Gasteiger partial charge in [0.2, 0.25) is 0 Å². The zero-order valence-corrected chi connectivity index (χ0v) is 18.7. The molecule has 4 heterocycles. The third kappa shape index (κ3) is 4.00. The fourth-order valence-corrected chi connectivity index (χ4v) is 4.01. The highest BCUT2D eigenvalue weighted by Gasteiger charge is 2.40. The molecule has 1 aliphatic heterocycles. The highest BCUT2D eigenvalue weighted by Crippen LogP contribution is 2.29. The highest BCUT2D eigenvalue weighted by molar-refractivity contribution is 6.36. The molecule has 1 aromatic carbocycles. The summed E-state index contributed by atoms with van der Waals surface area (Å²) in [5, 5.41) is 26.5. The van der Waals surface area contributed by atoms with Crippen molar-refractivity contribution in [2.24, 2.45) is 0 Å². The van der Waals surface area contributed by atoms with Gasteiger partial charge in [-0.2, -0.15) is 10.2 Å². The number of hydrogen-bond acceptors (Lipinski definition) is 7. The second kappa shape index (κ2) is 8.86. The largest absolute Gasteiger partial charge is 0.380 e. The molecular weight excluding hydrogens is 462 g/mol. The average Bonchev–Trinajstić information content (AvgIpc) is 3.44. The lowest BCUT2D eigenvalue weighted by Gasteiger charge is -2.32. The number of aromatic amines is 1. The lowest BCUT2D eigenvalue weighted by molar-refractivity contribution is -0.150. The molecule has 0 saturated carbocycles. The van der Waals surface area contributed by atoms with Crippen LogP contribution in [-0.4, -0.2) is 67.2 Å². The summed E-state index contributed by atoms with van der Waals surface area (Å²) in [6.45, 7) is 2.21. The molecule has 0 spiro atoms. The Balaban J connectivity index is 1.30. The number of carbonyl (C=O) groups excluding carboxylic acids is 2. The second-order valence-electron chi connectivity index (χ2n) is 7.76. The predicted molar refractivity (Wildman–Crippen MR) is 124 cm³/mol. The summed E-state index contributed by atoms with van der Waals surface area (Å²) in [6, 6.07) is 8.53. The number of amides is 2. The maximum Gasteiger partial charge on any atom is 0.260 e. The number of H-pyrrole nitrogens is 1. The molecule has 11 nitrogen and oxygen atoms in total. The number of halogens is 1. The van der Waals surface area contributed by atoms with E-state index in [9.17, 15) is 14.7 Å². The topological polar surface area (TPSA) is 138 Å². The molecule has 3 aromatic heterocycles. The summed E-state index contributed by atoms with van der Waals surface area (Å²) in [5.41, 5.74) is 2.74. The molecule has 0 radical (unpaired) electrons. The monoisotopic (exact) mass is 481 g/mol. The molecule has 3 N–H and O–H groups in total. The molecule has 0 bridgehead atoms. The van der Waals surface area contributed by atoms with E-state index in [-0.39, 0.29) is 13.2 Å². The Bertz CT molecular complexity index is 1370. The standard InChI is InChI=1S/C22H20ClN7O4/c1-12-18(23)15-10-13(2-3-16(15)26-12)27-21(32)19(31)20-22(33)29(8-9-34-20)17-5-7-30(28-17)14-4-6-24-25-11-14/h2-7,10-11,19-20,26,31H,8-9H2,1H3,(H,27,32). The molecule has 0 aliphatic carbocycles. The number of anilines is 2. The Kier molecular flexibility index (Phi) is 5.74. The van der Waals surface area contributed by atoms with Crippen molar-refractivity contribution in [3.8, 4) is 5.69 Å². The van der Waals surface area contributed by atoms with Crippen molar-refractivity contribution in [2.75, 3.05) is 23.4 Å². The van der Waals surface area contributed by atoms with Gasteiger partial charge in [0.1, 0.15) is 0 Å². The van der Waals surface area contributed by atoms with E-state index in [4.69, 9.17) is 16.3 Å². The van der Waals surface area contributed by atoms with Crippen LogP contribution in [0.1, 0.15) is 5.69 Å². The molecule has 34 heavy (non-hydrogen) atoms. The Hall–Kier alpha value is -3.80. The lowest BCUT2D eigenvalue weighted by Crippen LogP contribution is -2.55. The number of rotatable bonds is 5. The van der Waals surface area contributed by atoms with Crippen molar-refractivity contribution in [3.05, 3.63) is 59.6 Å². The number of fused-ring (bicyclic) bond motifs is 1. The second-order valence-corrected chi connectivity index (χ2v) is 8.14. The van der Waals surface area contributed by atoms with Crippen molar-refractivity contribution in [2.45, 2.75) is 19.1 Å². The molecule has 4 aromatic rings. The first-order chi connectivity index (χ1) is 16.4. The number of nitrogens with one attached hydrogen (secondary N) is 2. The van der Waals surface area contributed by atoms with E-state index < -0.39 is 24.0 Å². The molecular formula is C22H20ClN7O4. The van der Waals surface area contributed by atoms with Crippen molar-refractivity contribution in [1.82, 2.24) is 25.0 Å². The van der Waals surface area contributed by atoms with Gasteiger partial charge in [0.15, 0.2) is 18.0 Å². The van der Waals surface area contributed by atoms with Crippen LogP contribution in [0.4, 0.5) is 11.5 Å². The van der Waals surface area contributed by atoms with Crippen molar-refractivity contribution in [3.63, 3.8) is 0 Å². The van der Waals surface area contributed by atoms with Crippen LogP contribution in [0.25, 0.3) is 16.6 Å². The van der Waals surface area contributed by atoms with Crippen LogP contribution in [0.15, 0.2) is 48.9 Å². The Morgan fingerprint density at radius 1 is 1.32 bits per heavy atom. The van der Waals surface area contributed by atoms with Gasteiger partial charge in [-0.15, -0.1) is 5.10 Å². The molecule has 1 aliphatic rings. The van der Waals surface area contributed by atoms with Crippen molar-refractivity contribution >= 4 is 45.8 Å². The van der Waals surface area contributed by atoms with Crippen molar-refractivity contribution < 1.29 is 19.4 Å². The summed E-state index contributed by atoms with van der Waals surface area (Å²) in [6.07, 6.45) is 1.65. The van der Waals surface area contributed by atoms with Gasteiger partial charge in [-0.3, -0.25) is 14.5 Å². The number of aromatic nitrogens is 5. The van der Waals surface area contributed by atoms with Crippen LogP contribution in [0.5, 0.6) is 0 Å². The number of ether oxygens (including phenoxy) is 1. The molecule has 174 valence electrons. The first-order valence-corrected chi connectivity index (χ1v) is 10.8. The number of nitrogens with zero attached hydrogens (tertiary/aromatic N) is 5. The number of carbonyl (C=O) groups is 2. The van der Waals surface area contributed by atoms with E-state index in [1.54, 1.807) is 41.2 Å². The fourth-order valence-electron chi connectivity index (χ4n) is 3.81. The average molecular weight is 482 g/mol. The molecule has 12 heteroatoms. The Morgan fingerprint density at radius 2 is 2.18 bits per heavy atom. The SMILES string of the molecule is Cc1[nH]c2ccc(NC(=O)C(O)C3OCCN(c4ccn(-c5ccnnc5)n4)C3=O)cc2c1Cl. The van der Waals surface area contributed by atoms with Crippen LogP contribution in [0, 0.1) is 6.92 Å². The third-order valence-electron chi connectivity index (χ3n) is 5.54. The van der Waals surface area contributed by atoms with Gasteiger partial charge in [0, 0.05) is 34.5 Å². The lowest BCUT2D eigenvalue weighted by atomic mass is 10.1. The number of aliphatic hydroxyl groups is 1. The van der Waals surface area contributed by atoms with Crippen molar-refractivity contribution in [1.29, 1.82) is 0 Å². The van der Waals surface area contributed by atoms with E-state index in [2.05, 4.69) is 25.6 Å². The zero-order valence-electron chi connectivity index (χ0n) is 18.0. The maximum atomic E-state index is 13.1. The first kappa shape index (κ1) is 22.0. The number of morpholine rings is 1. The van der Waals surface area contributed by atoms with E-state index in [0.29, 0.717) is 22.2 Å². The minimum absolute atomic E-state index is 0.134. The van der Waals surface area contributed by atoms with E-state index in [0.717, 1.165) is 16.6 Å². The van der Waals surface area contributed by atoms with Gasteiger partial charge in [0.25, 0.3) is 11.8 Å². The summed E-state index contributed by atoms with van der Waals surface area (Å²) in [4.78, 5) is 30.3. The first-order valence-electron chi connectivity index (χ1n) is 10.4. The van der Waals surface area contributed by atoms with Crippen LogP contribution < -0.4 is 10.2 Å². The van der Waals surface area contributed by atoms with Crippen LogP contribution >= 0.6 is 11.6 Å². The third-order valence-corrected chi connectivity index (χ3v) is 6.02. The normalized spacial score (nSPS) is 17.2. The summed E-state index contributed by atoms with van der Waals surface area (Å²) < 4.78 is 7.02. The molecule has 1 fully saturated rings. The van der Waals surface area contributed by atoms with Crippen LogP contribution in [-0.2, 0) is 14.3 Å². The minimum Gasteiger partial charge on any atom is -0.380 e. The van der Waals surface area contributed by atoms with Gasteiger partial charge in [-0.1, -0.05) is 11.6 Å². The smallest absolute Gasteiger partial charge is 0.260 e. The molecule has 5 rings (SSSR count). The summed E-state index contributed by atoms with van der Waals surface area (Å²) in [5.74, 6) is -0.964.